The Hall–Kier alpha value is -5.86. The smallest absolute Gasteiger partial charge is 0.0541 e. The Kier molecular flexibility index (Phi) is 6.94. The minimum Gasteiger partial charge on any atom is -0.309 e. The molecule has 0 saturated heterocycles. The van der Waals surface area contributed by atoms with Crippen LogP contribution in [0.3, 0.4) is 0 Å². The fourth-order valence-corrected chi connectivity index (χ4v) is 8.63. The molecule has 1 aliphatic rings. The molecule has 1 aliphatic carbocycles. The number of aromatic nitrogens is 2. The summed E-state index contributed by atoms with van der Waals surface area (Å²) >= 11 is 0. The fourth-order valence-electron chi connectivity index (χ4n) is 8.63. The lowest BCUT2D eigenvalue weighted by Gasteiger charge is -2.22. The highest BCUT2D eigenvalue weighted by Gasteiger charge is 2.18. The highest BCUT2D eigenvalue weighted by atomic mass is 15.0. The van der Waals surface area contributed by atoms with Crippen LogP contribution in [0.4, 0.5) is 0 Å². The van der Waals surface area contributed by atoms with E-state index in [0.29, 0.717) is 5.92 Å². The van der Waals surface area contributed by atoms with Crippen LogP contribution in [0.15, 0.2) is 164 Å². The van der Waals surface area contributed by atoms with Crippen molar-refractivity contribution in [3.8, 4) is 33.6 Å². The number of hydrogen-bond donors (Lipinski definition) is 0. The van der Waals surface area contributed by atoms with E-state index in [9.17, 15) is 0 Å². The van der Waals surface area contributed by atoms with Gasteiger partial charge in [0.05, 0.1) is 22.1 Å². The van der Waals surface area contributed by atoms with Crippen molar-refractivity contribution in [2.24, 2.45) is 0 Å². The molecule has 9 aromatic rings. The lowest BCUT2D eigenvalue weighted by molar-refractivity contribution is 0.443. The van der Waals surface area contributed by atoms with E-state index in [2.05, 4.69) is 173 Å². The minimum atomic E-state index is 0.711. The van der Waals surface area contributed by atoms with Gasteiger partial charge in [-0.15, -0.1) is 0 Å². The summed E-state index contributed by atoms with van der Waals surface area (Å²) in [4.78, 5) is 0. The summed E-state index contributed by atoms with van der Waals surface area (Å²) in [6.45, 7) is 0. The van der Waals surface area contributed by atoms with Crippen LogP contribution in [0.1, 0.15) is 43.6 Å². The Bertz CT molecular complexity index is 2650. The number of fused-ring (bicyclic) bond motifs is 6. The predicted molar refractivity (Wildman–Crippen MR) is 212 cm³/mol. The average Bonchev–Trinajstić information content (AvgIpc) is 3.71. The van der Waals surface area contributed by atoms with E-state index in [1.54, 1.807) is 0 Å². The summed E-state index contributed by atoms with van der Waals surface area (Å²) in [7, 11) is 0. The van der Waals surface area contributed by atoms with Gasteiger partial charge in [-0.05, 0) is 113 Å². The molecule has 2 nitrogen and oxygen atoms in total. The van der Waals surface area contributed by atoms with Crippen molar-refractivity contribution in [1.29, 1.82) is 0 Å². The van der Waals surface area contributed by atoms with Gasteiger partial charge >= 0.3 is 0 Å². The van der Waals surface area contributed by atoms with Crippen molar-refractivity contribution in [1.82, 2.24) is 9.13 Å². The Morgan fingerprint density at radius 3 is 1.40 bits per heavy atom. The number of benzene rings is 7. The zero-order valence-corrected chi connectivity index (χ0v) is 28.1. The van der Waals surface area contributed by atoms with Crippen molar-refractivity contribution < 1.29 is 0 Å². The normalized spacial score (nSPS) is 13.9. The lowest BCUT2D eigenvalue weighted by Crippen LogP contribution is -2.04. The van der Waals surface area contributed by atoms with Gasteiger partial charge in [0.1, 0.15) is 0 Å². The lowest BCUT2D eigenvalue weighted by atomic mass is 9.84. The van der Waals surface area contributed by atoms with Crippen LogP contribution in [0.25, 0.3) is 77.2 Å². The van der Waals surface area contributed by atoms with E-state index < -0.39 is 0 Å². The Morgan fingerprint density at radius 1 is 0.340 bits per heavy atom. The molecule has 2 heteroatoms. The van der Waals surface area contributed by atoms with Crippen LogP contribution in [-0.4, -0.2) is 9.13 Å². The summed E-state index contributed by atoms with van der Waals surface area (Å²) in [5.74, 6) is 0.711. The zero-order valence-electron chi connectivity index (χ0n) is 28.1. The van der Waals surface area contributed by atoms with E-state index in [1.165, 1.54) is 115 Å². The highest BCUT2D eigenvalue weighted by Crippen LogP contribution is 2.40. The second-order valence-corrected chi connectivity index (χ2v) is 14.0. The molecular weight excluding hydrogens is 605 g/mol. The zero-order chi connectivity index (χ0) is 33.0. The molecule has 10 rings (SSSR count). The van der Waals surface area contributed by atoms with Crippen LogP contribution in [0.2, 0.25) is 0 Å². The SMILES string of the molecule is c1ccc(-c2ccc3c(c2)c2cc(-c4ccc5c(c4)c4ccccc4n5-c4ccc(C5CCCCC5)cc4)ccc2n3-c2ccccc2)cc1. The molecule has 0 radical (unpaired) electrons. The highest BCUT2D eigenvalue weighted by molar-refractivity contribution is 6.13. The molecule has 7 aromatic carbocycles. The monoisotopic (exact) mass is 642 g/mol. The summed E-state index contributed by atoms with van der Waals surface area (Å²) in [6, 6.07) is 60.7. The summed E-state index contributed by atoms with van der Waals surface area (Å²) in [5, 5.41) is 5.10. The maximum atomic E-state index is 2.45. The molecule has 0 bridgehead atoms. The number of para-hydroxylation sites is 2. The molecule has 0 aliphatic heterocycles. The largest absolute Gasteiger partial charge is 0.309 e. The van der Waals surface area contributed by atoms with E-state index in [0.717, 1.165) is 0 Å². The van der Waals surface area contributed by atoms with Gasteiger partial charge in [-0.25, -0.2) is 0 Å². The maximum absolute atomic E-state index is 2.45. The van der Waals surface area contributed by atoms with E-state index in [-0.39, 0.29) is 0 Å². The molecule has 0 amide bonds. The van der Waals surface area contributed by atoms with Gasteiger partial charge in [0.2, 0.25) is 0 Å². The molecule has 1 fully saturated rings. The molecule has 2 heterocycles. The van der Waals surface area contributed by atoms with Crippen molar-refractivity contribution in [3.63, 3.8) is 0 Å². The van der Waals surface area contributed by atoms with Crippen LogP contribution < -0.4 is 0 Å². The van der Waals surface area contributed by atoms with Crippen molar-refractivity contribution in [2.45, 2.75) is 38.0 Å². The molecular formula is C48H38N2. The second kappa shape index (κ2) is 11.9. The number of hydrogen-bond acceptors (Lipinski definition) is 0. The molecule has 0 atom stereocenters. The van der Waals surface area contributed by atoms with E-state index in [1.807, 2.05) is 0 Å². The van der Waals surface area contributed by atoms with Gasteiger partial charge in [0, 0.05) is 32.9 Å². The standard InChI is InChI=1S/C48H38N2/c1-4-12-33(13-5-1)35-20-25-40(26-21-35)50-45-19-11-10-18-41(45)42-31-37(23-28-46(42)50)38-24-29-48-44(32-38)43-30-36(34-14-6-2-7-15-34)22-27-47(43)49(48)39-16-8-3-9-17-39/h2-3,6-11,14-33H,1,4-5,12-13H2. The third kappa shape index (κ3) is 4.78. The van der Waals surface area contributed by atoms with Crippen molar-refractivity contribution in [2.75, 3.05) is 0 Å². The van der Waals surface area contributed by atoms with E-state index in [4.69, 9.17) is 0 Å². The Morgan fingerprint density at radius 2 is 0.800 bits per heavy atom. The van der Waals surface area contributed by atoms with Gasteiger partial charge in [-0.3, -0.25) is 0 Å². The van der Waals surface area contributed by atoms with Gasteiger partial charge < -0.3 is 9.13 Å². The molecule has 0 unspecified atom stereocenters. The third-order valence-electron chi connectivity index (χ3n) is 11.1. The van der Waals surface area contributed by atoms with Gasteiger partial charge in [0.25, 0.3) is 0 Å². The molecule has 0 spiro atoms. The molecule has 1 saturated carbocycles. The molecule has 50 heavy (non-hydrogen) atoms. The van der Waals surface area contributed by atoms with Gasteiger partial charge in [-0.2, -0.15) is 0 Å². The quantitative estimate of drug-likeness (QED) is 0.177. The maximum Gasteiger partial charge on any atom is 0.0541 e. The second-order valence-electron chi connectivity index (χ2n) is 14.0. The summed E-state index contributed by atoms with van der Waals surface area (Å²) in [6.07, 6.45) is 6.75. The van der Waals surface area contributed by atoms with Crippen LogP contribution in [0, 0.1) is 0 Å². The number of nitrogens with zero attached hydrogens (tertiary/aromatic N) is 2. The van der Waals surface area contributed by atoms with Crippen LogP contribution in [-0.2, 0) is 0 Å². The molecule has 2 aromatic heterocycles. The predicted octanol–water partition coefficient (Wildman–Crippen LogP) is 13.3. The third-order valence-corrected chi connectivity index (χ3v) is 11.1. The first-order valence-electron chi connectivity index (χ1n) is 18.1. The Labute approximate surface area is 292 Å². The molecule has 0 N–H and O–H groups in total. The van der Waals surface area contributed by atoms with Crippen molar-refractivity contribution in [3.05, 3.63) is 169 Å². The first-order chi connectivity index (χ1) is 24.8. The minimum absolute atomic E-state index is 0.711. The summed E-state index contributed by atoms with van der Waals surface area (Å²) in [5.41, 5.74) is 13.8. The fraction of sp³-hybridized carbons (Fsp3) is 0.125. The number of rotatable bonds is 5. The van der Waals surface area contributed by atoms with Crippen LogP contribution >= 0.6 is 0 Å². The van der Waals surface area contributed by atoms with Crippen LogP contribution in [0.5, 0.6) is 0 Å². The first kappa shape index (κ1) is 29.1. The average molecular weight is 643 g/mol. The van der Waals surface area contributed by atoms with Gasteiger partial charge in [-0.1, -0.05) is 116 Å². The van der Waals surface area contributed by atoms with Gasteiger partial charge in [0.15, 0.2) is 0 Å². The Balaban J connectivity index is 1.12. The topological polar surface area (TPSA) is 9.86 Å². The molecule has 240 valence electrons. The summed E-state index contributed by atoms with van der Waals surface area (Å²) < 4.78 is 4.85. The first-order valence-corrected chi connectivity index (χ1v) is 18.1. The van der Waals surface area contributed by atoms with Crippen molar-refractivity contribution >= 4 is 43.6 Å². The van der Waals surface area contributed by atoms with E-state index >= 15 is 0 Å².